The van der Waals surface area contributed by atoms with E-state index in [0.717, 1.165) is 42.1 Å². The molecule has 0 aromatic carbocycles. The maximum absolute atomic E-state index is 5.72. The summed E-state index contributed by atoms with van der Waals surface area (Å²) in [5.74, 6) is 1.83. The van der Waals surface area contributed by atoms with Crippen molar-refractivity contribution in [2.24, 2.45) is 5.73 Å². The Balaban J connectivity index is 2.09. The molecule has 0 spiro atoms. The Hall–Kier alpha value is -1.62. The number of hydrogen-bond acceptors (Lipinski definition) is 4. The molecule has 0 amide bonds. The fourth-order valence-electron chi connectivity index (χ4n) is 1.79. The van der Waals surface area contributed by atoms with Crippen LogP contribution in [0.3, 0.4) is 0 Å². The van der Waals surface area contributed by atoms with Crippen molar-refractivity contribution in [2.45, 2.75) is 32.2 Å². The van der Waals surface area contributed by atoms with Crippen molar-refractivity contribution in [1.29, 1.82) is 0 Å². The second-order valence-electron chi connectivity index (χ2n) is 4.37. The van der Waals surface area contributed by atoms with Gasteiger partial charge in [-0.25, -0.2) is 9.97 Å². The van der Waals surface area contributed by atoms with Crippen molar-refractivity contribution < 1.29 is 0 Å². The lowest BCUT2D eigenvalue weighted by molar-refractivity contribution is 0.616. The lowest BCUT2D eigenvalue weighted by Gasteiger charge is -2.01. The molecule has 5 heteroatoms. The van der Waals surface area contributed by atoms with Gasteiger partial charge in [-0.15, -0.1) is 0 Å². The van der Waals surface area contributed by atoms with Gasteiger partial charge in [0, 0.05) is 19.5 Å². The molecule has 0 fully saturated rings. The van der Waals surface area contributed by atoms with Crippen LogP contribution >= 0.6 is 0 Å². The van der Waals surface area contributed by atoms with Gasteiger partial charge in [-0.2, -0.15) is 0 Å². The summed E-state index contributed by atoms with van der Waals surface area (Å²) in [6.45, 7) is 2.03. The number of nitrogens with zero attached hydrogens (tertiary/aromatic N) is 2. The van der Waals surface area contributed by atoms with Crippen LogP contribution in [0.1, 0.15) is 25.6 Å². The van der Waals surface area contributed by atoms with Gasteiger partial charge in [0.25, 0.3) is 0 Å². The fourth-order valence-corrected chi connectivity index (χ4v) is 1.79. The fraction of sp³-hybridized carbons (Fsp3) is 0.500. The summed E-state index contributed by atoms with van der Waals surface area (Å²) in [7, 11) is 1.85. The molecule has 2 heterocycles. The van der Waals surface area contributed by atoms with Crippen LogP contribution in [0.4, 0.5) is 5.82 Å². The molecular weight excluding hydrogens is 214 g/mol. The molecule has 17 heavy (non-hydrogen) atoms. The van der Waals surface area contributed by atoms with Crippen LogP contribution in [0, 0.1) is 0 Å². The molecule has 2 rings (SSSR count). The van der Waals surface area contributed by atoms with Gasteiger partial charge in [0.05, 0.1) is 5.52 Å². The maximum Gasteiger partial charge on any atom is 0.179 e. The molecule has 1 atom stereocenters. The third kappa shape index (κ3) is 2.94. The number of aromatic nitrogens is 3. The first-order chi connectivity index (χ1) is 8.19. The third-order valence-electron chi connectivity index (χ3n) is 2.72. The summed E-state index contributed by atoms with van der Waals surface area (Å²) < 4.78 is 0. The lowest BCUT2D eigenvalue weighted by Crippen LogP contribution is -2.14. The van der Waals surface area contributed by atoms with E-state index in [1.807, 2.05) is 26.1 Å². The Morgan fingerprint density at radius 1 is 1.41 bits per heavy atom. The Morgan fingerprint density at radius 2 is 2.24 bits per heavy atom. The molecule has 0 bridgehead atoms. The number of aryl methyl sites for hydroxylation is 1. The summed E-state index contributed by atoms with van der Waals surface area (Å²) in [4.78, 5) is 12.1. The summed E-state index contributed by atoms with van der Waals surface area (Å²) in [6.07, 6.45) is 3.00. The maximum atomic E-state index is 5.72. The predicted molar refractivity (Wildman–Crippen MR) is 70.0 cm³/mol. The van der Waals surface area contributed by atoms with Crippen molar-refractivity contribution >= 4 is 17.0 Å². The molecule has 0 aliphatic heterocycles. The topological polar surface area (TPSA) is 79.6 Å². The van der Waals surface area contributed by atoms with E-state index in [-0.39, 0.29) is 6.04 Å². The van der Waals surface area contributed by atoms with Gasteiger partial charge in [0.15, 0.2) is 5.65 Å². The summed E-state index contributed by atoms with van der Waals surface area (Å²) >= 11 is 0. The zero-order valence-corrected chi connectivity index (χ0v) is 10.3. The highest BCUT2D eigenvalue weighted by Crippen LogP contribution is 2.13. The van der Waals surface area contributed by atoms with Crippen molar-refractivity contribution in [3.05, 3.63) is 18.0 Å². The highest BCUT2D eigenvalue weighted by atomic mass is 15.0. The molecule has 0 aliphatic carbocycles. The van der Waals surface area contributed by atoms with Crippen LogP contribution in [-0.4, -0.2) is 28.0 Å². The second-order valence-corrected chi connectivity index (χ2v) is 4.37. The molecule has 2 aromatic rings. The number of hydrogen-bond donors (Lipinski definition) is 3. The van der Waals surface area contributed by atoms with Gasteiger partial charge < -0.3 is 16.0 Å². The van der Waals surface area contributed by atoms with Crippen LogP contribution in [0.25, 0.3) is 11.2 Å². The predicted octanol–water partition coefficient (Wildman–Crippen LogP) is 1.67. The minimum atomic E-state index is 0.258. The Bertz CT molecular complexity index is 489. The normalized spacial score (nSPS) is 12.9. The second kappa shape index (κ2) is 5.14. The lowest BCUT2D eigenvalue weighted by atomic mass is 10.1. The van der Waals surface area contributed by atoms with E-state index in [2.05, 4.69) is 20.3 Å². The van der Waals surface area contributed by atoms with Crippen molar-refractivity contribution in [3.8, 4) is 0 Å². The summed E-state index contributed by atoms with van der Waals surface area (Å²) in [5.41, 5.74) is 7.48. The van der Waals surface area contributed by atoms with Crippen molar-refractivity contribution in [2.75, 3.05) is 12.4 Å². The highest BCUT2D eigenvalue weighted by molar-refractivity contribution is 5.72. The Morgan fingerprint density at radius 3 is 2.94 bits per heavy atom. The number of anilines is 1. The van der Waals surface area contributed by atoms with E-state index in [1.165, 1.54) is 0 Å². The number of nitrogens with one attached hydrogen (secondary N) is 2. The van der Waals surface area contributed by atoms with Gasteiger partial charge in [-0.05, 0) is 31.9 Å². The van der Waals surface area contributed by atoms with Crippen LogP contribution in [0.15, 0.2) is 12.1 Å². The van der Waals surface area contributed by atoms with Gasteiger partial charge in [-0.1, -0.05) is 0 Å². The number of H-pyrrole nitrogens is 1. The van der Waals surface area contributed by atoms with Crippen molar-refractivity contribution in [3.63, 3.8) is 0 Å². The number of aromatic amines is 1. The molecule has 0 aliphatic rings. The largest absolute Gasteiger partial charge is 0.373 e. The van der Waals surface area contributed by atoms with E-state index < -0.39 is 0 Å². The molecule has 4 N–H and O–H groups in total. The SMILES string of the molecule is CNc1ccc2[nH]c(CCCC(C)N)nc2n1. The molecule has 2 aromatic heterocycles. The first kappa shape index (κ1) is 11.9. The molecule has 5 nitrogen and oxygen atoms in total. The monoisotopic (exact) mass is 233 g/mol. The molecule has 0 saturated carbocycles. The standard InChI is InChI=1S/C12H19N5/c1-8(13)4-3-5-11-15-9-6-7-10(14-2)16-12(9)17-11/h6-8H,3-5,13H2,1-2H3,(H2,14,15,16,17). The van der Waals surface area contributed by atoms with Gasteiger partial charge in [-0.3, -0.25) is 0 Å². The van der Waals surface area contributed by atoms with Crippen LogP contribution in [-0.2, 0) is 6.42 Å². The van der Waals surface area contributed by atoms with Crippen LogP contribution in [0.2, 0.25) is 0 Å². The molecule has 0 saturated heterocycles. The Labute approximate surface area is 101 Å². The third-order valence-corrected chi connectivity index (χ3v) is 2.72. The van der Waals surface area contributed by atoms with Gasteiger partial charge >= 0.3 is 0 Å². The van der Waals surface area contributed by atoms with Crippen LogP contribution < -0.4 is 11.1 Å². The number of rotatable bonds is 5. The van der Waals surface area contributed by atoms with Gasteiger partial charge in [0.2, 0.25) is 0 Å². The average Bonchev–Trinajstić information content (AvgIpc) is 2.69. The Kier molecular flexibility index (Phi) is 3.58. The van der Waals surface area contributed by atoms with E-state index in [9.17, 15) is 0 Å². The van der Waals surface area contributed by atoms with Crippen molar-refractivity contribution in [1.82, 2.24) is 15.0 Å². The summed E-state index contributed by atoms with van der Waals surface area (Å²) in [6, 6.07) is 4.19. The zero-order chi connectivity index (χ0) is 12.3. The minimum absolute atomic E-state index is 0.258. The summed E-state index contributed by atoms with van der Waals surface area (Å²) in [5, 5.41) is 3.00. The minimum Gasteiger partial charge on any atom is -0.373 e. The number of fused-ring (bicyclic) bond motifs is 1. The smallest absolute Gasteiger partial charge is 0.179 e. The van der Waals surface area contributed by atoms with E-state index in [1.54, 1.807) is 0 Å². The number of nitrogens with two attached hydrogens (primary N) is 1. The van der Waals surface area contributed by atoms with Crippen LogP contribution in [0.5, 0.6) is 0 Å². The number of pyridine rings is 1. The first-order valence-electron chi connectivity index (χ1n) is 5.98. The van der Waals surface area contributed by atoms with Gasteiger partial charge in [0.1, 0.15) is 11.6 Å². The van der Waals surface area contributed by atoms with E-state index in [4.69, 9.17) is 5.73 Å². The number of imidazole rings is 1. The first-order valence-corrected chi connectivity index (χ1v) is 5.98. The van der Waals surface area contributed by atoms with E-state index in [0.29, 0.717) is 0 Å². The average molecular weight is 233 g/mol. The molecule has 0 radical (unpaired) electrons. The zero-order valence-electron chi connectivity index (χ0n) is 10.3. The molecule has 92 valence electrons. The van der Waals surface area contributed by atoms with E-state index >= 15 is 0 Å². The molecular formula is C12H19N5. The quantitative estimate of drug-likeness (QED) is 0.734. The molecule has 1 unspecified atom stereocenters. The highest BCUT2D eigenvalue weighted by Gasteiger charge is 2.05.